The summed E-state index contributed by atoms with van der Waals surface area (Å²) in [5.41, 5.74) is 0. The molecule has 20 heavy (non-hydrogen) atoms. The summed E-state index contributed by atoms with van der Waals surface area (Å²) in [5, 5.41) is 12.2. The molecule has 3 aliphatic rings. The van der Waals surface area contributed by atoms with Crippen molar-refractivity contribution in [1.82, 2.24) is 10.2 Å². The number of rotatable bonds is 4. The van der Waals surface area contributed by atoms with Crippen molar-refractivity contribution in [2.24, 2.45) is 17.8 Å². The highest BCUT2D eigenvalue weighted by molar-refractivity contribution is 5.77. The maximum Gasteiger partial charge on any atom is 0.317 e. The predicted molar refractivity (Wildman–Crippen MR) is 74.3 cm³/mol. The van der Waals surface area contributed by atoms with Gasteiger partial charge in [0.25, 0.3) is 0 Å². The molecule has 3 rings (SSSR count). The van der Waals surface area contributed by atoms with Crippen LogP contribution in [-0.4, -0.2) is 41.1 Å². The van der Waals surface area contributed by atoms with Gasteiger partial charge in [0, 0.05) is 19.1 Å². The quantitative estimate of drug-likeness (QED) is 0.828. The molecule has 2 N–H and O–H groups in total. The molecule has 1 aliphatic heterocycles. The smallest absolute Gasteiger partial charge is 0.317 e. The van der Waals surface area contributed by atoms with Gasteiger partial charge in [0.2, 0.25) is 0 Å². The van der Waals surface area contributed by atoms with E-state index in [0.29, 0.717) is 37.4 Å². The summed E-state index contributed by atoms with van der Waals surface area (Å²) in [7, 11) is 0. The second kappa shape index (κ2) is 5.62. The molecule has 5 heteroatoms. The molecule has 0 radical (unpaired) electrons. The van der Waals surface area contributed by atoms with Gasteiger partial charge < -0.3 is 15.3 Å². The van der Waals surface area contributed by atoms with Crippen molar-refractivity contribution in [2.75, 3.05) is 13.1 Å². The van der Waals surface area contributed by atoms with Crippen molar-refractivity contribution in [3.8, 4) is 0 Å². The van der Waals surface area contributed by atoms with E-state index in [2.05, 4.69) is 5.32 Å². The highest BCUT2D eigenvalue weighted by atomic mass is 16.4. The predicted octanol–water partition coefficient (Wildman–Crippen LogP) is 2.07. The van der Waals surface area contributed by atoms with Gasteiger partial charge >= 0.3 is 12.0 Å². The Balaban J connectivity index is 1.55. The summed E-state index contributed by atoms with van der Waals surface area (Å²) in [6, 6.07) is 0.284. The highest BCUT2D eigenvalue weighted by Crippen LogP contribution is 2.40. The summed E-state index contributed by atoms with van der Waals surface area (Å²) in [6.45, 7) is 0.939. The first-order valence-corrected chi connectivity index (χ1v) is 7.93. The largest absolute Gasteiger partial charge is 0.481 e. The number of carbonyl (C=O) groups is 2. The van der Waals surface area contributed by atoms with Gasteiger partial charge in [-0.05, 0) is 43.9 Å². The molecule has 0 aromatic rings. The Morgan fingerprint density at radius 1 is 1.05 bits per heavy atom. The van der Waals surface area contributed by atoms with Crippen LogP contribution in [0, 0.1) is 17.8 Å². The van der Waals surface area contributed by atoms with Crippen LogP contribution in [0.5, 0.6) is 0 Å². The lowest BCUT2D eigenvalue weighted by Gasteiger charge is -2.43. The maximum atomic E-state index is 12.3. The molecule has 3 fully saturated rings. The van der Waals surface area contributed by atoms with Crippen molar-refractivity contribution in [2.45, 2.75) is 51.0 Å². The number of urea groups is 1. The van der Waals surface area contributed by atoms with E-state index >= 15 is 0 Å². The summed E-state index contributed by atoms with van der Waals surface area (Å²) in [4.78, 5) is 25.0. The van der Waals surface area contributed by atoms with Gasteiger partial charge in [0.05, 0.1) is 5.92 Å². The standard InChI is InChI=1S/C15H24N2O3/c18-14(19)12-7-8-17(9-12)15(20)16-13(10-3-1-4-10)11-5-2-6-11/h10-13H,1-9H2,(H,16,20)(H,18,19). The van der Waals surface area contributed by atoms with Crippen molar-refractivity contribution < 1.29 is 14.7 Å². The zero-order valence-corrected chi connectivity index (χ0v) is 11.9. The topological polar surface area (TPSA) is 69.6 Å². The van der Waals surface area contributed by atoms with Gasteiger partial charge in [-0.25, -0.2) is 4.79 Å². The molecule has 1 atom stereocenters. The molecular formula is C15H24N2O3. The third-order valence-electron chi connectivity index (χ3n) is 5.43. The highest BCUT2D eigenvalue weighted by Gasteiger charge is 2.39. The summed E-state index contributed by atoms with van der Waals surface area (Å²) >= 11 is 0. The number of nitrogens with zero attached hydrogens (tertiary/aromatic N) is 1. The van der Waals surface area contributed by atoms with Crippen molar-refractivity contribution in [3.05, 3.63) is 0 Å². The van der Waals surface area contributed by atoms with Crippen LogP contribution < -0.4 is 5.32 Å². The number of carbonyl (C=O) groups excluding carboxylic acids is 1. The van der Waals surface area contributed by atoms with Crippen LogP contribution in [0.1, 0.15) is 44.9 Å². The molecule has 1 saturated heterocycles. The molecule has 0 aromatic heterocycles. The first-order valence-electron chi connectivity index (χ1n) is 7.93. The van der Waals surface area contributed by atoms with Crippen molar-refractivity contribution in [3.63, 3.8) is 0 Å². The summed E-state index contributed by atoms with van der Waals surface area (Å²) in [6.07, 6.45) is 8.10. The maximum absolute atomic E-state index is 12.3. The Labute approximate surface area is 119 Å². The fraction of sp³-hybridized carbons (Fsp3) is 0.867. The van der Waals surface area contributed by atoms with E-state index in [1.54, 1.807) is 4.90 Å². The van der Waals surface area contributed by atoms with Crippen LogP contribution in [0.2, 0.25) is 0 Å². The number of nitrogens with one attached hydrogen (secondary N) is 1. The fourth-order valence-electron chi connectivity index (χ4n) is 3.60. The molecule has 0 aromatic carbocycles. The fourth-order valence-corrected chi connectivity index (χ4v) is 3.60. The molecule has 1 heterocycles. The van der Waals surface area contributed by atoms with E-state index < -0.39 is 5.97 Å². The molecular weight excluding hydrogens is 256 g/mol. The Morgan fingerprint density at radius 2 is 1.65 bits per heavy atom. The Bertz CT molecular complexity index is 377. The lowest BCUT2D eigenvalue weighted by Crippen LogP contribution is -2.53. The zero-order valence-electron chi connectivity index (χ0n) is 11.9. The minimum Gasteiger partial charge on any atom is -0.481 e. The van der Waals surface area contributed by atoms with E-state index in [9.17, 15) is 9.59 Å². The minimum absolute atomic E-state index is 0.0439. The molecule has 2 saturated carbocycles. The van der Waals surface area contributed by atoms with E-state index in [1.807, 2.05) is 0 Å². The summed E-state index contributed by atoms with van der Waals surface area (Å²) < 4.78 is 0. The van der Waals surface area contributed by atoms with E-state index in [1.165, 1.54) is 38.5 Å². The van der Waals surface area contributed by atoms with Gasteiger partial charge in [-0.1, -0.05) is 12.8 Å². The zero-order chi connectivity index (χ0) is 14.1. The lowest BCUT2D eigenvalue weighted by atomic mass is 9.68. The second-order valence-electron chi connectivity index (χ2n) is 6.63. The molecule has 2 aliphatic carbocycles. The lowest BCUT2D eigenvalue weighted by molar-refractivity contribution is -0.141. The third-order valence-corrected chi connectivity index (χ3v) is 5.43. The second-order valence-corrected chi connectivity index (χ2v) is 6.63. The van der Waals surface area contributed by atoms with Crippen molar-refractivity contribution in [1.29, 1.82) is 0 Å². The molecule has 0 bridgehead atoms. The Kier molecular flexibility index (Phi) is 3.85. The molecule has 112 valence electrons. The van der Waals surface area contributed by atoms with Crippen molar-refractivity contribution >= 4 is 12.0 Å². The number of carboxylic acids is 1. The number of hydrogen-bond acceptors (Lipinski definition) is 2. The van der Waals surface area contributed by atoms with Gasteiger partial charge in [0.1, 0.15) is 0 Å². The Hall–Kier alpha value is -1.26. The van der Waals surface area contributed by atoms with Gasteiger partial charge in [-0.3, -0.25) is 4.79 Å². The summed E-state index contributed by atoms with van der Waals surface area (Å²) in [5.74, 6) is 0.144. The average molecular weight is 280 g/mol. The van der Waals surface area contributed by atoms with E-state index in [0.717, 1.165) is 0 Å². The van der Waals surface area contributed by atoms with Crippen LogP contribution in [-0.2, 0) is 4.79 Å². The van der Waals surface area contributed by atoms with Crippen LogP contribution in [0.25, 0.3) is 0 Å². The van der Waals surface area contributed by atoms with Crippen LogP contribution >= 0.6 is 0 Å². The van der Waals surface area contributed by atoms with Gasteiger partial charge in [0.15, 0.2) is 0 Å². The first-order chi connectivity index (χ1) is 9.65. The molecule has 2 amide bonds. The van der Waals surface area contributed by atoms with Crippen LogP contribution in [0.4, 0.5) is 4.79 Å². The van der Waals surface area contributed by atoms with E-state index in [4.69, 9.17) is 5.11 Å². The Morgan fingerprint density at radius 3 is 2.05 bits per heavy atom. The molecule has 5 nitrogen and oxygen atoms in total. The normalized spacial score (nSPS) is 27.2. The number of hydrogen-bond donors (Lipinski definition) is 2. The van der Waals surface area contributed by atoms with Crippen LogP contribution in [0.3, 0.4) is 0 Å². The third kappa shape index (κ3) is 2.63. The number of aliphatic carboxylic acids is 1. The monoisotopic (exact) mass is 280 g/mol. The van der Waals surface area contributed by atoms with E-state index in [-0.39, 0.29) is 11.9 Å². The number of carboxylic acid groups (broad SMARTS) is 1. The number of likely N-dealkylation sites (tertiary alicyclic amines) is 1. The van der Waals surface area contributed by atoms with Gasteiger partial charge in [-0.15, -0.1) is 0 Å². The van der Waals surface area contributed by atoms with Gasteiger partial charge in [-0.2, -0.15) is 0 Å². The first kappa shape index (κ1) is 13.7. The minimum atomic E-state index is -0.783. The average Bonchev–Trinajstić information content (AvgIpc) is 2.72. The van der Waals surface area contributed by atoms with Crippen LogP contribution in [0.15, 0.2) is 0 Å². The molecule has 1 unspecified atom stereocenters. The number of amides is 2. The molecule has 0 spiro atoms. The SMILES string of the molecule is O=C(O)C1CCN(C(=O)NC(C2CCC2)C2CCC2)C1.